The zero-order chi connectivity index (χ0) is 25.8. The van der Waals surface area contributed by atoms with Gasteiger partial charge in [-0.05, 0) is 50.1 Å². The molecule has 0 N–H and O–H groups in total. The molecule has 0 amide bonds. The van der Waals surface area contributed by atoms with E-state index in [0.29, 0.717) is 6.42 Å². The summed E-state index contributed by atoms with van der Waals surface area (Å²) in [4.78, 5) is 17.4. The molecule has 0 saturated carbocycles. The van der Waals surface area contributed by atoms with Gasteiger partial charge in [0.2, 0.25) is 0 Å². The molecular weight excluding hydrogens is 712 g/mol. The van der Waals surface area contributed by atoms with Crippen molar-refractivity contribution in [1.29, 1.82) is 0 Å². The van der Waals surface area contributed by atoms with Crippen molar-refractivity contribution >= 4 is 63.0 Å². The molecule has 4 nitrogen and oxygen atoms in total. The minimum absolute atomic E-state index is 0. The first-order valence-corrected chi connectivity index (χ1v) is 14.2. The van der Waals surface area contributed by atoms with Gasteiger partial charge in [0.15, 0.2) is 0 Å². The zero-order valence-electron chi connectivity index (χ0n) is 20.9. The Morgan fingerprint density at radius 1 is 0.575 bits per heavy atom. The molecule has 7 heteroatoms. The minimum atomic E-state index is 0. The first kappa shape index (κ1) is 25.2. The maximum atomic E-state index is 4.58. The third-order valence-electron chi connectivity index (χ3n) is 6.99. The molecule has 4 heterocycles. The molecular formula is C33H18N4PtS2. The number of hydrogen-bond acceptors (Lipinski definition) is 6. The van der Waals surface area contributed by atoms with Crippen molar-refractivity contribution in [3.05, 3.63) is 121 Å². The van der Waals surface area contributed by atoms with Crippen LogP contribution in [-0.4, -0.2) is 19.9 Å². The van der Waals surface area contributed by atoms with Crippen LogP contribution in [0.15, 0.2) is 97.8 Å². The van der Waals surface area contributed by atoms with Crippen molar-refractivity contribution in [3.8, 4) is 22.5 Å². The number of hydrogen-bond donors (Lipinski definition) is 0. The summed E-state index contributed by atoms with van der Waals surface area (Å²) in [5, 5.41) is 4.98. The largest absolute Gasteiger partial charge is 2.00 e. The van der Waals surface area contributed by atoms with Gasteiger partial charge < -0.3 is 0 Å². The van der Waals surface area contributed by atoms with Crippen molar-refractivity contribution in [2.45, 2.75) is 6.42 Å². The van der Waals surface area contributed by atoms with Crippen molar-refractivity contribution in [3.63, 3.8) is 0 Å². The summed E-state index contributed by atoms with van der Waals surface area (Å²) in [6.45, 7) is 0. The maximum absolute atomic E-state index is 4.58. The molecule has 4 aromatic heterocycles. The Kier molecular flexibility index (Phi) is 6.47. The average Bonchev–Trinajstić information content (AvgIpc) is 3.56. The van der Waals surface area contributed by atoms with Gasteiger partial charge in [-0.2, -0.15) is 22.7 Å². The van der Waals surface area contributed by atoms with Crippen molar-refractivity contribution < 1.29 is 21.1 Å². The van der Waals surface area contributed by atoms with Gasteiger partial charge in [0, 0.05) is 21.8 Å². The molecule has 192 valence electrons. The van der Waals surface area contributed by atoms with Crippen molar-refractivity contribution in [2.75, 3.05) is 0 Å². The molecule has 0 radical (unpaired) electrons. The van der Waals surface area contributed by atoms with Gasteiger partial charge in [0.1, 0.15) is 12.7 Å². The third-order valence-corrected chi connectivity index (χ3v) is 9.40. The van der Waals surface area contributed by atoms with Crippen LogP contribution in [0.5, 0.6) is 0 Å². The Balaban J connectivity index is 0.00000264. The molecule has 4 aromatic carbocycles. The third kappa shape index (κ3) is 4.24. The molecule has 0 bridgehead atoms. The Hall–Kier alpha value is -3.83. The van der Waals surface area contributed by atoms with Crippen molar-refractivity contribution in [2.24, 2.45) is 0 Å². The maximum Gasteiger partial charge on any atom is 2.00 e. The number of aromatic nitrogens is 4. The Morgan fingerprint density at radius 3 is 1.50 bits per heavy atom. The fraction of sp³-hybridized carbons (Fsp3) is 0.0303. The van der Waals surface area contributed by atoms with E-state index in [2.05, 4.69) is 92.7 Å². The Bertz CT molecular complexity index is 2000. The van der Waals surface area contributed by atoms with Crippen LogP contribution in [0, 0.1) is 12.1 Å². The summed E-state index contributed by atoms with van der Waals surface area (Å²) >= 11 is 3.58. The number of rotatable bonds is 4. The van der Waals surface area contributed by atoms with E-state index in [1.165, 1.54) is 40.3 Å². The van der Waals surface area contributed by atoms with E-state index in [-0.39, 0.29) is 21.1 Å². The number of fused-ring (bicyclic) bond motifs is 6. The minimum Gasteiger partial charge on any atom is -0.286 e. The number of nitrogens with zero attached hydrogens (tertiary/aromatic N) is 4. The molecule has 0 atom stereocenters. The normalized spacial score (nSPS) is 11.4. The summed E-state index contributed by atoms with van der Waals surface area (Å²) in [6, 6.07) is 33.1. The van der Waals surface area contributed by atoms with Crippen LogP contribution in [0.3, 0.4) is 0 Å². The fourth-order valence-corrected chi connectivity index (χ4v) is 7.66. The van der Waals surface area contributed by atoms with Crippen LogP contribution in [0.2, 0.25) is 0 Å². The Morgan fingerprint density at radius 2 is 1.05 bits per heavy atom. The average molecular weight is 730 g/mol. The van der Waals surface area contributed by atoms with Gasteiger partial charge in [-0.15, -0.1) is 46.5 Å². The van der Waals surface area contributed by atoms with E-state index in [1.54, 1.807) is 47.7 Å². The standard InChI is InChI=1S/C33H18N4S2.Pt/c1-3-7-30-22(5-1)24-14-20(16-26(32(24)38-30)28-9-11-34-18-36-28)13-21-15-25-23-6-2-4-8-31(23)39-33(25)27(17-21)29-10-12-35-19-37-29;/h1-12,14-15,18-19H,13H2;/q-2;+2. The monoisotopic (exact) mass is 729 g/mol. The van der Waals surface area contributed by atoms with Crippen LogP contribution < -0.4 is 0 Å². The Labute approximate surface area is 252 Å². The molecule has 0 spiro atoms. The van der Waals surface area contributed by atoms with Gasteiger partial charge >= 0.3 is 21.1 Å². The SMILES string of the molecule is [Pt+2].[c-]1c(Cc2[c-]c(-c3ccncn3)c3sc4ccccc4c3c2)cc2c(sc3ccccc32)c1-c1ccncn1. The summed E-state index contributed by atoms with van der Waals surface area (Å²) in [7, 11) is 0. The number of thiophene rings is 2. The van der Waals surface area contributed by atoms with E-state index in [1.807, 2.05) is 12.1 Å². The molecule has 40 heavy (non-hydrogen) atoms. The van der Waals surface area contributed by atoms with Crippen LogP contribution in [0.4, 0.5) is 0 Å². The van der Waals surface area contributed by atoms with Gasteiger partial charge in [0.05, 0.1) is 0 Å². The first-order valence-electron chi connectivity index (χ1n) is 12.6. The predicted octanol–water partition coefficient (Wildman–Crippen LogP) is 8.53. The molecule has 0 fully saturated rings. The molecule has 8 rings (SSSR count). The van der Waals surface area contributed by atoms with Crippen LogP contribution in [0.1, 0.15) is 11.1 Å². The second-order valence-corrected chi connectivity index (χ2v) is 11.5. The van der Waals surface area contributed by atoms with E-state index in [0.717, 1.165) is 33.6 Å². The first-order chi connectivity index (χ1) is 19.3. The van der Waals surface area contributed by atoms with Crippen LogP contribution >= 0.6 is 22.7 Å². The summed E-state index contributed by atoms with van der Waals surface area (Å²) < 4.78 is 4.92. The van der Waals surface area contributed by atoms with Gasteiger partial charge in [-0.3, -0.25) is 9.97 Å². The quantitative estimate of drug-likeness (QED) is 0.171. The molecule has 0 aliphatic rings. The van der Waals surface area contributed by atoms with E-state index in [9.17, 15) is 0 Å². The molecule has 0 aliphatic carbocycles. The van der Waals surface area contributed by atoms with E-state index in [4.69, 9.17) is 0 Å². The van der Waals surface area contributed by atoms with Gasteiger partial charge in [0.25, 0.3) is 0 Å². The second kappa shape index (κ2) is 10.3. The van der Waals surface area contributed by atoms with Crippen LogP contribution in [-0.2, 0) is 27.5 Å². The van der Waals surface area contributed by atoms with Crippen molar-refractivity contribution in [1.82, 2.24) is 19.9 Å². The molecule has 0 saturated heterocycles. The number of benzene rings is 4. The summed E-state index contributed by atoms with van der Waals surface area (Å²) in [6.07, 6.45) is 7.48. The zero-order valence-corrected chi connectivity index (χ0v) is 24.8. The smallest absolute Gasteiger partial charge is 0.286 e. The topological polar surface area (TPSA) is 51.6 Å². The van der Waals surface area contributed by atoms with E-state index >= 15 is 0 Å². The van der Waals surface area contributed by atoms with Gasteiger partial charge in [-0.25, -0.2) is 9.97 Å². The molecule has 0 aliphatic heterocycles. The van der Waals surface area contributed by atoms with Gasteiger partial charge in [-0.1, -0.05) is 59.3 Å². The molecule has 8 aromatic rings. The fourth-order valence-electron chi connectivity index (χ4n) is 5.28. The predicted molar refractivity (Wildman–Crippen MR) is 161 cm³/mol. The summed E-state index contributed by atoms with van der Waals surface area (Å²) in [5.74, 6) is 0. The molecule has 0 unspecified atom stereocenters. The summed E-state index contributed by atoms with van der Waals surface area (Å²) in [5.41, 5.74) is 6.00. The second-order valence-electron chi connectivity index (χ2n) is 9.39. The van der Waals surface area contributed by atoms with Crippen LogP contribution in [0.25, 0.3) is 62.9 Å². The van der Waals surface area contributed by atoms with E-state index < -0.39 is 0 Å².